The molecule has 2 unspecified atom stereocenters. The molecule has 0 aromatic rings. The number of aliphatic hydroxyl groups excluding tert-OH is 1. The van der Waals surface area contributed by atoms with Gasteiger partial charge in [0, 0.05) is 25.7 Å². The van der Waals surface area contributed by atoms with E-state index in [0.29, 0.717) is 31.6 Å². The van der Waals surface area contributed by atoms with Crippen molar-refractivity contribution in [2.75, 3.05) is 39.6 Å². The molecule has 500 valence electrons. The van der Waals surface area contributed by atoms with Crippen molar-refractivity contribution < 1.29 is 80.2 Å². The van der Waals surface area contributed by atoms with Gasteiger partial charge in [0.1, 0.15) is 19.3 Å². The predicted octanol–water partition coefficient (Wildman–Crippen LogP) is 18.0. The highest BCUT2D eigenvalue weighted by Crippen LogP contribution is 2.45. The average molecular weight is 1250 g/mol. The summed E-state index contributed by atoms with van der Waals surface area (Å²) in [5, 5.41) is 10.5. The number of carbonyl (C=O) groups excluding carboxylic acids is 4. The van der Waals surface area contributed by atoms with Gasteiger partial charge in [-0.05, 0) is 63.2 Å². The van der Waals surface area contributed by atoms with Gasteiger partial charge in [0.15, 0.2) is 12.2 Å². The average Bonchev–Trinajstić information content (AvgIpc) is 3.58. The van der Waals surface area contributed by atoms with E-state index in [9.17, 15) is 43.2 Å². The van der Waals surface area contributed by atoms with Crippen molar-refractivity contribution >= 4 is 39.5 Å². The van der Waals surface area contributed by atoms with E-state index in [0.717, 1.165) is 115 Å². The van der Waals surface area contributed by atoms with Crippen molar-refractivity contribution in [3.05, 3.63) is 24.3 Å². The standard InChI is InChI=1S/C66H124O17P2/c1-7-9-11-13-15-17-18-19-20-21-22-24-32-38-44-50-65(70)82-61(54-77-64(69)49-43-37-31-26-25-28-34-40-46-58(3)4)56-80-84(72,73)78-52-60(67)53-79-85(74,75)81-57-62(55-76-63(68)48-42-36-30-23-16-14-12-10-8-2)83-66(71)51-45-39-33-27-29-35-41-47-59(5)6/h17-20,58-62,67H,7-16,21-57H2,1-6H3,(H,72,73)(H,74,75)/b18-17-,20-19-/t60-,61-,62-/m1/s1. The summed E-state index contributed by atoms with van der Waals surface area (Å²) in [4.78, 5) is 72.2. The maximum atomic E-state index is 13.0. The van der Waals surface area contributed by atoms with Gasteiger partial charge >= 0.3 is 39.5 Å². The fraction of sp³-hybridized carbons (Fsp3) is 0.879. The van der Waals surface area contributed by atoms with Gasteiger partial charge in [0.05, 0.1) is 26.4 Å². The highest BCUT2D eigenvalue weighted by atomic mass is 31.2. The molecule has 19 heteroatoms. The van der Waals surface area contributed by atoms with Crippen molar-refractivity contribution in [2.45, 2.75) is 323 Å². The van der Waals surface area contributed by atoms with E-state index in [2.05, 4.69) is 65.8 Å². The molecule has 0 aliphatic heterocycles. The van der Waals surface area contributed by atoms with Crippen LogP contribution in [0.4, 0.5) is 0 Å². The third-order valence-corrected chi connectivity index (χ3v) is 16.5. The minimum Gasteiger partial charge on any atom is -0.462 e. The number of carbonyl (C=O) groups is 4. The van der Waals surface area contributed by atoms with Crippen LogP contribution in [0, 0.1) is 11.8 Å². The van der Waals surface area contributed by atoms with Crippen LogP contribution in [0.2, 0.25) is 0 Å². The Morgan fingerprint density at radius 2 is 0.635 bits per heavy atom. The van der Waals surface area contributed by atoms with E-state index in [1.807, 2.05) is 0 Å². The first-order valence-corrected chi connectivity index (χ1v) is 36.8. The molecular weight excluding hydrogens is 1130 g/mol. The van der Waals surface area contributed by atoms with Crippen LogP contribution in [0.3, 0.4) is 0 Å². The summed E-state index contributed by atoms with van der Waals surface area (Å²) in [6, 6.07) is 0. The summed E-state index contributed by atoms with van der Waals surface area (Å²) < 4.78 is 68.0. The van der Waals surface area contributed by atoms with Crippen LogP contribution in [0.25, 0.3) is 0 Å². The lowest BCUT2D eigenvalue weighted by Gasteiger charge is -2.21. The van der Waals surface area contributed by atoms with Crippen molar-refractivity contribution in [2.24, 2.45) is 11.8 Å². The molecule has 0 fully saturated rings. The first-order valence-electron chi connectivity index (χ1n) is 33.8. The summed E-state index contributed by atoms with van der Waals surface area (Å²) in [6.45, 7) is 9.32. The number of rotatable bonds is 63. The van der Waals surface area contributed by atoms with E-state index in [1.165, 1.54) is 103 Å². The van der Waals surface area contributed by atoms with Gasteiger partial charge in [-0.1, -0.05) is 252 Å². The zero-order chi connectivity index (χ0) is 62.9. The number of esters is 4. The number of aliphatic hydroxyl groups is 1. The smallest absolute Gasteiger partial charge is 0.462 e. The van der Waals surface area contributed by atoms with Crippen molar-refractivity contribution in [3.8, 4) is 0 Å². The molecule has 3 N–H and O–H groups in total. The van der Waals surface area contributed by atoms with Gasteiger partial charge in [0.2, 0.25) is 0 Å². The van der Waals surface area contributed by atoms with Crippen LogP contribution in [0.15, 0.2) is 24.3 Å². The Balaban J connectivity index is 5.27. The molecule has 5 atom stereocenters. The summed E-state index contributed by atoms with van der Waals surface area (Å²) >= 11 is 0. The van der Waals surface area contributed by atoms with E-state index in [1.54, 1.807) is 0 Å². The predicted molar refractivity (Wildman–Crippen MR) is 340 cm³/mol. The summed E-state index contributed by atoms with van der Waals surface area (Å²) in [5.74, 6) is -0.748. The Hall–Kier alpha value is -2.46. The first-order chi connectivity index (χ1) is 40.9. The largest absolute Gasteiger partial charge is 0.472 e. The quantitative estimate of drug-likeness (QED) is 0.0169. The van der Waals surface area contributed by atoms with Gasteiger partial charge in [0.25, 0.3) is 0 Å². The molecule has 0 aliphatic carbocycles. The van der Waals surface area contributed by atoms with Gasteiger partial charge in [-0.25, -0.2) is 9.13 Å². The normalized spacial score (nSPS) is 14.4. The fourth-order valence-electron chi connectivity index (χ4n) is 9.34. The maximum absolute atomic E-state index is 13.0. The van der Waals surface area contributed by atoms with E-state index in [-0.39, 0.29) is 25.7 Å². The summed E-state index contributed by atoms with van der Waals surface area (Å²) in [7, 11) is -9.90. The number of unbranched alkanes of at least 4 members (excludes halogenated alkanes) is 30. The Labute approximate surface area is 516 Å². The molecule has 0 saturated heterocycles. The van der Waals surface area contributed by atoms with Crippen LogP contribution in [0.5, 0.6) is 0 Å². The third kappa shape index (κ3) is 60.2. The second-order valence-electron chi connectivity index (χ2n) is 24.1. The molecular formula is C66H124O17P2. The SMILES string of the molecule is CCCCCC/C=C\C=C/CCCCCCCC(=O)O[C@H](COC(=O)CCCCCCCCCCC(C)C)COP(=O)(O)OC[C@@H](O)COP(=O)(O)OC[C@@H](COC(=O)CCCCCCCCCCC)OC(=O)CCCCCCCCCC(C)C. The van der Waals surface area contributed by atoms with Crippen LogP contribution >= 0.6 is 15.6 Å². The molecule has 0 aliphatic rings. The number of hydrogen-bond acceptors (Lipinski definition) is 15. The molecule has 0 radical (unpaired) electrons. The Morgan fingerprint density at radius 1 is 0.365 bits per heavy atom. The molecule has 0 saturated carbocycles. The van der Waals surface area contributed by atoms with Gasteiger partial charge < -0.3 is 33.8 Å². The lowest BCUT2D eigenvalue weighted by molar-refractivity contribution is -0.161. The number of phosphoric acid groups is 2. The zero-order valence-corrected chi connectivity index (χ0v) is 56.2. The zero-order valence-electron chi connectivity index (χ0n) is 54.4. The van der Waals surface area contributed by atoms with Crippen LogP contribution in [-0.2, 0) is 65.4 Å². The molecule has 85 heavy (non-hydrogen) atoms. The Bertz CT molecular complexity index is 1760. The topological polar surface area (TPSA) is 237 Å². The molecule has 0 bridgehead atoms. The second-order valence-corrected chi connectivity index (χ2v) is 27.0. The Morgan fingerprint density at radius 3 is 0.965 bits per heavy atom. The van der Waals surface area contributed by atoms with E-state index in [4.69, 9.17) is 37.0 Å². The minimum absolute atomic E-state index is 0.0841. The highest BCUT2D eigenvalue weighted by molar-refractivity contribution is 7.47. The molecule has 0 rings (SSSR count). The summed E-state index contributed by atoms with van der Waals surface area (Å²) in [5.41, 5.74) is 0. The van der Waals surface area contributed by atoms with Gasteiger partial charge in [-0.3, -0.25) is 37.3 Å². The second kappa shape index (κ2) is 57.9. The van der Waals surface area contributed by atoms with Crippen molar-refractivity contribution in [1.29, 1.82) is 0 Å². The molecule has 0 spiro atoms. The number of ether oxygens (including phenoxy) is 4. The van der Waals surface area contributed by atoms with Gasteiger partial charge in [-0.15, -0.1) is 0 Å². The monoisotopic (exact) mass is 1250 g/mol. The number of allylic oxidation sites excluding steroid dienone is 4. The number of hydrogen-bond donors (Lipinski definition) is 3. The van der Waals surface area contributed by atoms with Crippen LogP contribution in [-0.4, -0.2) is 96.7 Å². The number of phosphoric ester groups is 2. The lowest BCUT2D eigenvalue weighted by Crippen LogP contribution is -2.30. The summed E-state index contributed by atoms with van der Waals surface area (Å²) in [6.07, 6.45) is 44.0. The molecule has 0 aromatic carbocycles. The first kappa shape index (κ1) is 82.5. The van der Waals surface area contributed by atoms with Crippen molar-refractivity contribution in [1.82, 2.24) is 0 Å². The fourth-order valence-corrected chi connectivity index (χ4v) is 10.9. The Kier molecular flexibility index (Phi) is 56.3. The maximum Gasteiger partial charge on any atom is 0.472 e. The third-order valence-electron chi connectivity index (χ3n) is 14.6. The lowest BCUT2D eigenvalue weighted by atomic mass is 10.0. The molecule has 0 amide bonds. The highest BCUT2D eigenvalue weighted by Gasteiger charge is 2.30. The van der Waals surface area contributed by atoms with E-state index >= 15 is 0 Å². The molecule has 0 heterocycles. The van der Waals surface area contributed by atoms with Gasteiger partial charge in [-0.2, -0.15) is 0 Å². The minimum atomic E-state index is -4.95. The molecule has 0 aromatic heterocycles. The van der Waals surface area contributed by atoms with E-state index < -0.39 is 97.5 Å². The van der Waals surface area contributed by atoms with Crippen LogP contribution in [0.1, 0.15) is 305 Å². The van der Waals surface area contributed by atoms with Crippen molar-refractivity contribution in [3.63, 3.8) is 0 Å². The molecule has 17 nitrogen and oxygen atoms in total. The van der Waals surface area contributed by atoms with Crippen LogP contribution < -0.4 is 0 Å².